The van der Waals surface area contributed by atoms with Crippen LogP contribution >= 0.6 is 46.7 Å². The number of hydrogen-bond acceptors (Lipinski definition) is 13. The number of nitrogens with zero attached hydrogens (tertiary/aromatic N) is 7. The van der Waals surface area contributed by atoms with Gasteiger partial charge in [-0.3, -0.25) is 5.41 Å². The Morgan fingerprint density at radius 2 is 1.24 bits per heavy atom. The average Bonchev–Trinajstić information content (AvgIpc) is 3.90. The SMILES string of the molecule is COc1ccc(OC)c(Sc2nc3c(N)ncnc3n2CC2(c3ccc(Cl)cc3)CCC2)c1.COc1ccc(OC)c(Sc2nc3c([nH]2)c(=N)ncn3CC2(c3ccc(Cl)cc3)CCC2)c1. The van der Waals surface area contributed by atoms with Gasteiger partial charge in [-0.25, -0.2) is 24.9 Å². The number of hydrogen-bond donors (Lipinski definition) is 3. The number of ether oxygens (including phenoxy) is 4. The number of nitrogens with two attached hydrogens (primary N) is 1. The van der Waals surface area contributed by atoms with Gasteiger partial charge in [0, 0.05) is 34.0 Å². The molecule has 8 aromatic rings. The van der Waals surface area contributed by atoms with E-state index in [1.54, 1.807) is 34.8 Å². The summed E-state index contributed by atoms with van der Waals surface area (Å²) in [4.78, 5) is 27.8. The number of nitrogen functional groups attached to an aromatic ring is 1. The van der Waals surface area contributed by atoms with Crippen molar-refractivity contribution in [3.8, 4) is 23.0 Å². The van der Waals surface area contributed by atoms with Crippen molar-refractivity contribution in [1.82, 2.24) is 39.0 Å². The minimum absolute atomic E-state index is 0.00823. The first-order valence-electron chi connectivity index (χ1n) is 21.3. The van der Waals surface area contributed by atoms with Gasteiger partial charge < -0.3 is 38.8 Å². The average molecular weight is 964 g/mol. The molecule has 0 bridgehead atoms. The molecule has 2 aliphatic rings. The molecule has 18 heteroatoms. The molecule has 0 aliphatic heterocycles. The maximum absolute atomic E-state index is 8.31. The zero-order chi connectivity index (χ0) is 46.0. The number of nitrogens with one attached hydrogen (secondary N) is 2. The molecule has 14 nitrogen and oxygen atoms in total. The summed E-state index contributed by atoms with van der Waals surface area (Å²) in [6.45, 7) is 1.48. The maximum Gasteiger partial charge on any atom is 0.175 e. The molecule has 2 aliphatic carbocycles. The van der Waals surface area contributed by atoms with Crippen LogP contribution in [0.25, 0.3) is 22.3 Å². The maximum atomic E-state index is 8.31. The van der Waals surface area contributed by atoms with E-state index in [4.69, 9.17) is 63.3 Å². The van der Waals surface area contributed by atoms with Gasteiger partial charge in [-0.05, 0) is 121 Å². The Hall–Kier alpha value is -5.94. The number of H-pyrrole nitrogens is 1. The van der Waals surface area contributed by atoms with Crippen molar-refractivity contribution < 1.29 is 18.9 Å². The molecule has 0 spiro atoms. The number of aromatic amines is 1. The molecule has 4 aromatic heterocycles. The van der Waals surface area contributed by atoms with Crippen LogP contribution in [0.5, 0.6) is 23.0 Å². The Balaban J connectivity index is 0.000000166. The van der Waals surface area contributed by atoms with Crippen molar-refractivity contribution in [2.45, 2.75) is 82.5 Å². The smallest absolute Gasteiger partial charge is 0.175 e. The predicted molar refractivity (Wildman–Crippen MR) is 259 cm³/mol. The van der Waals surface area contributed by atoms with Crippen molar-refractivity contribution in [1.29, 1.82) is 5.41 Å². The van der Waals surface area contributed by atoms with Crippen LogP contribution < -0.4 is 30.2 Å². The summed E-state index contributed by atoms with van der Waals surface area (Å²) in [5, 5.41) is 11.2. The van der Waals surface area contributed by atoms with Crippen LogP contribution in [0.4, 0.5) is 5.82 Å². The van der Waals surface area contributed by atoms with Gasteiger partial charge >= 0.3 is 0 Å². The van der Waals surface area contributed by atoms with Gasteiger partial charge in [0.25, 0.3) is 0 Å². The fourth-order valence-corrected chi connectivity index (χ4v) is 10.9. The van der Waals surface area contributed by atoms with E-state index < -0.39 is 0 Å². The minimum Gasteiger partial charge on any atom is -0.497 e. The third-order valence-electron chi connectivity index (χ3n) is 12.6. The van der Waals surface area contributed by atoms with E-state index in [1.165, 1.54) is 53.8 Å². The molecule has 0 radical (unpaired) electrons. The molecule has 4 N–H and O–H groups in total. The summed E-state index contributed by atoms with van der Waals surface area (Å²) in [6, 6.07) is 27.7. The van der Waals surface area contributed by atoms with E-state index in [0.717, 1.165) is 98.1 Å². The van der Waals surface area contributed by atoms with Crippen molar-refractivity contribution >= 4 is 74.9 Å². The highest BCUT2D eigenvalue weighted by Gasteiger charge is 2.41. The fraction of sp³-hybridized carbons (Fsp3) is 0.292. The Kier molecular flexibility index (Phi) is 13.1. The Labute approximate surface area is 400 Å². The number of imidazole rings is 2. The standard InChI is InChI=1S/2C24H24ClN5O2S/c1-31-17-8-9-18(32-2)19(12-17)33-23-28-20-21(26)27-14-30(22(20)29-23)13-24(10-3-11-24)15-4-6-16(25)7-5-15;1-31-17-8-9-18(32-2)19(12-17)33-23-29-20-21(26)27-14-28-22(20)30(23)13-24(10-3-11-24)15-4-6-16(25)7-5-15/h4-9,12,14,26H,3,10-11,13H2,1-2H3,(H,28,29);4-9,12,14H,3,10-11,13H2,1-2H3,(H2,26,27,28). The Morgan fingerprint density at radius 3 is 1.77 bits per heavy atom. The highest BCUT2D eigenvalue weighted by molar-refractivity contribution is 7.99. The van der Waals surface area contributed by atoms with Crippen molar-refractivity contribution in [3.05, 3.63) is 124 Å². The first kappa shape index (κ1) is 45.2. The van der Waals surface area contributed by atoms with E-state index in [1.807, 2.05) is 60.7 Å². The third-order valence-corrected chi connectivity index (χ3v) is 15.1. The predicted octanol–water partition coefficient (Wildman–Crippen LogP) is 10.5. The molecular formula is C48H48Cl2N10O4S2. The van der Waals surface area contributed by atoms with Gasteiger partial charge in [-0.1, -0.05) is 60.3 Å². The quantitative estimate of drug-likeness (QED) is 0.0941. The molecule has 10 rings (SSSR count). The van der Waals surface area contributed by atoms with Crippen molar-refractivity contribution in [2.75, 3.05) is 34.2 Å². The van der Waals surface area contributed by atoms with Crippen LogP contribution in [-0.4, -0.2) is 67.5 Å². The second kappa shape index (κ2) is 19.1. The summed E-state index contributed by atoms with van der Waals surface area (Å²) in [5.41, 5.74) is 11.6. The summed E-state index contributed by atoms with van der Waals surface area (Å²) in [5.74, 6) is 3.33. The van der Waals surface area contributed by atoms with Crippen LogP contribution in [0, 0.1) is 5.41 Å². The summed E-state index contributed by atoms with van der Waals surface area (Å²) in [6.07, 6.45) is 9.95. The van der Waals surface area contributed by atoms with Gasteiger partial charge in [0.15, 0.2) is 38.4 Å². The Morgan fingerprint density at radius 1 is 0.682 bits per heavy atom. The first-order chi connectivity index (χ1) is 32.0. The van der Waals surface area contributed by atoms with Crippen molar-refractivity contribution in [2.24, 2.45) is 0 Å². The Bertz CT molecular complexity index is 3080. The van der Waals surface area contributed by atoms with Crippen molar-refractivity contribution in [3.63, 3.8) is 0 Å². The zero-order valence-electron chi connectivity index (χ0n) is 36.8. The van der Waals surface area contributed by atoms with Gasteiger partial charge in [-0.2, -0.15) is 0 Å². The molecule has 4 heterocycles. The zero-order valence-corrected chi connectivity index (χ0v) is 40.0. The second-order valence-corrected chi connectivity index (χ2v) is 19.3. The van der Waals surface area contributed by atoms with Gasteiger partial charge in [0.1, 0.15) is 34.8 Å². The summed E-state index contributed by atoms with van der Waals surface area (Å²) in [7, 11) is 6.57. The molecule has 0 atom stereocenters. The summed E-state index contributed by atoms with van der Waals surface area (Å²) >= 11 is 15.2. The van der Waals surface area contributed by atoms with Crippen LogP contribution in [0.3, 0.4) is 0 Å². The largest absolute Gasteiger partial charge is 0.497 e. The van der Waals surface area contributed by atoms with Crippen LogP contribution in [0.2, 0.25) is 10.0 Å². The third kappa shape index (κ3) is 8.98. The molecule has 0 saturated heterocycles. The molecular weight excluding hydrogens is 916 g/mol. The first-order valence-corrected chi connectivity index (χ1v) is 23.7. The van der Waals surface area contributed by atoms with E-state index in [2.05, 4.69) is 53.3 Å². The number of benzene rings is 4. The lowest BCUT2D eigenvalue weighted by molar-refractivity contribution is 0.205. The van der Waals surface area contributed by atoms with Gasteiger partial charge in [0.2, 0.25) is 0 Å². The van der Waals surface area contributed by atoms with E-state index in [-0.39, 0.29) is 16.3 Å². The minimum atomic E-state index is -0.00823. The molecule has 2 fully saturated rings. The molecule has 0 unspecified atom stereocenters. The number of methoxy groups -OCH3 is 4. The number of aromatic nitrogens is 8. The normalized spacial score (nSPS) is 14.8. The highest BCUT2D eigenvalue weighted by Crippen LogP contribution is 2.48. The van der Waals surface area contributed by atoms with Crippen LogP contribution in [0.1, 0.15) is 49.7 Å². The molecule has 2 saturated carbocycles. The fourth-order valence-electron chi connectivity index (χ4n) is 8.73. The molecule has 4 aromatic carbocycles. The van der Waals surface area contributed by atoms with E-state index in [0.29, 0.717) is 22.0 Å². The van der Waals surface area contributed by atoms with Crippen LogP contribution in [0.15, 0.2) is 118 Å². The topological polar surface area (TPSA) is 177 Å². The number of anilines is 1. The molecule has 340 valence electrons. The molecule has 66 heavy (non-hydrogen) atoms. The number of rotatable bonds is 14. The van der Waals surface area contributed by atoms with Crippen LogP contribution in [-0.2, 0) is 23.9 Å². The lowest BCUT2D eigenvalue weighted by Gasteiger charge is -2.43. The monoisotopic (exact) mass is 962 g/mol. The highest BCUT2D eigenvalue weighted by atomic mass is 35.5. The lowest BCUT2D eigenvalue weighted by atomic mass is 9.64. The van der Waals surface area contributed by atoms with E-state index >= 15 is 0 Å². The summed E-state index contributed by atoms with van der Waals surface area (Å²) < 4.78 is 26.1. The second-order valence-electron chi connectivity index (χ2n) is 16.4. The van der Waals surface area contributed by atoms with Gasteiger partial charge in [0.05, 0.1) is 44.6 Å². The van der Waals surface area contributed by atoms with E-state index in [9.17, 15) is 0 Å². The number of halogens is 2. The lowest BCUT2D eigenvalue weighted by Crippen LogP contribution is -2.39. The molecule has 0 amide bonds. The van der Waals surface area contributed by atoms with Gasteiger partial charge in [-0.15, -0.1) is 0 Å². The number of fused-ring (bicyclic) bond motifs is 2.